The van der Waals surface area contributed by atoms with E-state index in [2.05, 4.69) is 5.32 Å². The minimum atomic E-state index is -0.930. The van der Waals surface area contributed by atoms with Gasteiger partial charge in [0.15, 0.2) is 0 Å². The maximum atomic E-state index is 12.3. The Hall–Kier alpha value is -1.91. The van der Waals surface area contributed by atoms with Crippen molar-refractivity contribution in [1.29, 1.82) is 0 Å². The monoisotopic (exact) mass is 271 g/mol. The molecular formula is C16H17NO3. The van der Waals surface area contributed by atoms with Crippen LogP contribution in [0.3, 0.4) is 0 Å². The number of aliphatic hydroxyl groups is 1. The highest BCUT2D eigenvalue weighted by molar-refractivity contribution is 6.07. The van der Waals surface area contributed by atoms with E-state index in [1.807, 2.05) is 36.4 Å². The third kappa shape index (κ3) is 2.53. The quantitative estimate of drug-likeness (QED) is 0.893. The van der Waals surface area contributed by atoms with E-state index in [0.29, 0.717) is 18.6 Å². The van der Waals surface area contributed by atoms with E-state index in [0.717, 1.165) is 10.8 Å². The maximum absolute atomic E-state index is 12.3. The second-order valence-electron chi connectivity index (χ2n) is 5.24. The average molecular weight is 271 g/mol. The number of benzene rings is 2. The van der Waals surface area contributed by atoms with Gasteiger partial charge in [0.2, 0.25) is 0 Å². The van der Waals surface area contributed by atoms with Crippen LogP contribution in [0.2, 0.25) is 0 Å². The molecule has 1 amide bonds. The molecule has 2 aromatic carbocycles. The van der Waals surface area contributed by atoms with Gasteiger partial charge in [0, 0.05) is 25.1 Å². The zero-order valence-electron chi connectivity index (χ0n) is 11.1. The van der Waals surface area contributed by atoms with Gasteiger partial charge in [-0.25, -0.2) is 0 Å². The van der Waals surface area contributed by atoms with E-state index in [-0.39, 0.29) is 19.1 Å². The van der Waals surface area contributed by atoms with Crippen LogP contribution >= 0.6 is 0 Å². The predicted octanol–water partition coefficient (Wildman–Crippen LogP) is 1.72. The zero-order chi connectivity index (χ0) is 14.0. The number of ether oxygens (including phenoxy) is 1. The largest absolute Gasteiger partial charge is 0.386 e. The molecule has 0 saturated carbocycles. The van der Waals surface area contributed by atoms with Crippen LogP contribution in [0.4, 0.5) is 0 Å². The van der Waals surface area contributed by atoms with Gasteiger partial charge in [0.25, 0.3) is 5.91 Å². The Bertz CT molecular complexity index is 627. The van der Waals surface area contributed by atoms with Gasteiger partial charge in [-0.05, 0) is 16.8 Å². The Labute approximate surface area is 117 Å². The lowest BCUT2D eigenvalue weighted by Gasteiger charge is -2.20. The summed E-state index contributed by atoms with van der Waals surface area (Å²) in [4.78, 5) is 12.3. The fourth-order valence-corrected chi connectivity index (χ4v) is 2.50. The van der Waals surface area contributed by atoms with Gasteiger partial charge in [-0.3, -0.25) is 4.79 Å². The van der Waals surface area contributed by atoms with Crippen molar-refractivity contribution in [3.8, 4) is 0 Å². The molecule has 3 rings (SSSR count). The summed E-state index contributed by atoms with van der Waals surface area (Å²) in [7, 11) is 0. The van der Waals surface area contributed by atoms with Crippen LogP contribution in [0.1, 0.15) is 16.8 Å². The molecule has 20 heavy (non-hydrogen) atoms. The Morgan fingerprint density at radius 2 is 2.05 bits per heavy atom. The van der Waals surface area contributed by atoms with E-state index in [1.54, 1.807) is 6.07 Å². The van der Waals surface area contributed by atoms with Crippen molar-refractivity contribution in [2.75, 3.05) is 19.8 Å². The molecule has 1 atom stereocenters. The molecule has 0 aromatic heterocycles. The molecule has 1 saturated heterocycles. The minimum absolute atomic E-state index is 0.165. The highest BCUT2D eigenvalue weighted by Crippen LogP contribution is 2.20. The molecule has 2 aromatic rings. The van der Waals surface area contributed by atoms with Gasteiger partial charge in [-0.2, -0.15) is 0 Å². The predicted molar refractivity (Wildman–Crippen MR) is 76.7 cm³/mol. The Morgan fingerprint density at radius 1 is 1.25 bits per heavy atom. The van der Waals surface area contributed by atoms with Gasteiger partial charge >= 0.3 is 0 Å². The lowest BCUT2D eigenvalue weighted by atomic mass is 10.0. The number of fused-ring (bicyclic) bond motifs is 1. The summed E-state index contributed by atoms with van der Waals surface area (Å²) < 4.78 is 5.17. The molecule has 1 fully saturated rings. The lowest BCUT2D eigenvalue weighted by Crippen LogP contribution is -2.43. The fraction of sp³-hybridized carbons (Fsp3) is 0.312. The Morgan fingerprint density at radius 3 is 2.85 bits per heavy atom. The second-order valence-corrected chi connectivity index (χ2v) is 5.24. The first-order valence-electron chi connectivity index (χ1n) is 6.74. The van der Waals surface area contributed by atoms with Crippen LogP contribution in [-0.4, -0.2) is 36.4 Å². The first kappa shape index (κ1) is 13.1. The number of carbonyl (C=O) groups is 1. The molecule has 1 aliphatic heterocycles. The van der Waals surface area contributed by atoms with Gasteiger partial charge < -0.3 is 15.2 Å². The molecular weight excluding hydrogens is 254 g/mol. The first-order valence-corrected chi connectivity index (χ1v) is 6.74. The summed E-state index contributed by atoms with van der Waals surface area (Å²) in [5.74, 6) is -0.165. The minimum Gasteiger partial charge on any atom is -0.386 e. The Balaban J connectivity index is 1.79. The summed E-state index contributed by atoms with van der Waals surface area (Å²) in [6.07, 6.45) is 0.558. The van der Waals surface area contributed by atoms with Gasteiger partial charge in [-0.1, -0.05) is 36.4 Å². The van der Waals surface area contributed by atoms with Crippen molar-refractivity contribution < 1.29 is 14.6 Å². The summed E-state index contributed by atoms with van der Waals surface area (Å²) >= 11 is 0. The molecule has 0 unspecified atom stereocenters. The third-order valence-corrected chi connectivity index (χ3v) is 3.69. The van der Waals surface area contributed by atoms with Crippen molar-refractivity contribution in [2.45, 2.75) is 12.0 Å². The van der Waals surface area contributed by atoms with Crippen molar-refractivity contribution in [3.63, 3.8) is 0 Å². The van der Waals surface area contributed by atoms with Crippen LogP contribution < -0.4 is 5.32 Å². The Kier molecular flexibility index (Phi) is 3.42. The van der Waals surface area contributed by atoms with E-state index in [1.165, 1.54) is 0 Å². The summed E-state index contributed by atoms with van der Waals surface area (Å²) in [5.41, 5.74) is -0.300. The van der Waals surface area contributed by atoms with Crippen LogP contribution in [0.5, 0.6) is 0 Å². The molecule has 4 heteroatoms. The smallest absolute Gasteiger partial charge is 0.252 e. The first-order chi connectivity index (χ1) is 9.68. The number of rotatable bonds is 3. The third-order valence-electron chi connectivity index (χ3n) is 3.69. The number of hydrogen-bond acceptors (Lipinski definition) is 3. The molecule has 104 valence electrons. The molecule has 4 nitrogen and oxygen atoms in total. The topological polar surface area (TPSA) is 58.6 Å². The molecule has 0 spiro atoms. The maximum Gasteiger partial charge on any atom is 0.252 e. The second kappa shape index (κ2) is 5.23. The van der Waals surface area contributed by atoms with E-state index in [9.17, 15) is 9.90 Å². The zero-order valence-corrected chi connectivity index (χ0v) is 11.1. The van der Waals surface area contributed by atoms with Crippen LogP contribution in [-0.2, 0) is 4.74 Å². The number of nitrogens with one attached hydrogen (secondary N) is 1. The van der Waals surface area contributed by atoms with E-state index in [4.69, 9.17) is 4.74 Å². The van der Waals surface area contributed by atoms with Crippen molar-refractivity contribution in [3.05, 3.63) is 48.0 Å². The standard InChI is InChI=1S/C16H17NO3/c18-15(17-10-16(19)8-9-20-11-16)14-7-3-5-12-4-1-2-6-13(12)14/h1-7,19H,8-11H2,(H,17,18)/t16-/m1/s1. The fourth-order valence-electron chi connectivity index (χ4n) is 2.50. The van der Waals surface area contributed by atoms with E-state index < -0.39 is 5.60 Å². The number of carbonyl (C=O) groups excluding carboxylic acids is 1. The molecule has 2 N–H and O–H groups in total. The normalized spacial score (nSPS) is 22.1. The molecule has 0 bridgehead atoms. The van der Waals surface area contributed by atoms with Crippen molar-refractivity contribution in [1.82, 2.24) is 5.32 Å². The van der Waals surface area contributed by atoms with Crippen LogP contribution in [0, 0.1) is 0 Å². The van der Waals surface area contributed by atoms with Gasteiger partial charge in [0.1, 0.15) is 5.60 Å². The summed E-state index contributed by atoms with van der Waals surface area (Å²) in [6.45, 7) is 1.04. The van der Waals surface area contributed by atoms with Crippen molar-refractivity contribution >= 4 is 16.7 Å². The average Bonchev–Trinajstić information content (AvgIpc) is 2.91. The molecule has 1 aliphatic rings. The van der Waals surface area contributed by atoms with Crippen LogP contribution in [0.25, 0.3) is 10.8 Å². The van der Waals surface area contributed by atoms with Crippen LogP contribution in [0.15, 0.2) is 42.5 Å². The highest BCUT2D eigenvalue weighted by Gasteiger charge is 2.32. The lowest BCUT2D eigenvalue weighted by molar-refractivity contribution is 0.0265. The number of hydrogen-bond donors (Lipinski definition) is 2. The molecule has 0 radical (unpaired) electrons. The SMILES string of the molecule is O=C(NC[C@]1(O)CCOC1)c1cccc2ccccc12. The number of amides is 1. The summed E-state index contributed by atoms with van der Waals surface area (Å²) in [6, 6.07) is 13.4. The molecule has 0 aliphatic carbocycles. The molecule has 1 heterocycles. The highest BCUT2D eigenvalue weighted by atomic mass is 16.5. The van der Waals surface area contributed by atoms with Gasteiger partial charge in [0.05, 0.1) is 6.61 Å². The van der Waals surface area contributed by atoms with Crippen molar-refractivity contribution in [2.24, 2.45) is 0 Å². The van der Waals surface area contributed by atoms with Gasteiger partial charge in [-0.15, -0.1) is 0 Å². The van der Waals surface area contributed by atoms with E-state index >= 15 is 0 Å². The summed E-state index contributed by atoms with van der Waals surface area (Å²) in [5, 5.41) is 14.9.